The lowest BCUT2D eigenvalue weighted by atomic mass is 10.1. The fourth-order valence-electron chi connectivity index (χ4n) is 3.10. The molecule has 1 aromatic rings. The highest BCUT2D eigenvalue weighted by molar-refractivity contribution is 6.33. The maximum atomic E-state index is 12.5. The van der Waals surface area contributed by atoms with Crippen LogP contribution in [0.25, 0.3) is 0 Å². The topological polar surface area (TPSA) is 73.0 Å². The molecule has 4 amide bonds. The molecule has 0 aliphatic carbocycles. The summed E-state index contributed by atoms with van der Waals surface area (Å²) in [5, 5.41) is 3.26. The van der Waals surface area contributed by atoms with Crippen LogP contribution in [0.15, 0.2) is 24.3 Å². The Bertz CT molecular complexity index is 714. The number of halogens is 1. The van der Waals surface area contributed by atoms with Crippen molar-refractivity contribution in [1.29, 1.82) is 0 Å². The SMILES string of the molecule is CC1(C)NC(=O)N(CC(=O)N2CCN(c3ccccc3Cl)CC2)C1=O. The van der Waals surface area contributed by atoms with Gasteiger partial charge < -0.3 is 15.1 Å². The molecule has 2 aliphatic heterocycles. The van der Waals surface area contributed by atoms with Gasteiger partial charge in [-0.1, -0.05) is 23.7 Å². The van der Waals surface area contributed by atoms with E-state index in [9.17, 15) is 14.4 Å². The predicted octanol–water partition coefficient (Wildman–Crippen LogP) is 1.32. The van der Waals surface area contributed by atoms with Gasteiger partial charge in [0.25, 0.3) is 5.91 Å². The van der Waals surface area contributed by atoms with Crippen molar-refractivity contribution in [3.63, 3.8) is 0 Å². The molecule has 0 unspecified atom stereocenters. The van der Waals surface area contributed by atoms with E-state index in [0.29, 0.717) is 31.2 Å². The molecule has 2 fully saturated rings. The Labute approximate surface area is 151 Å². The normalized spacial score (nSPS) is 20.0. The van der Waals surface area contributed by atoms with E-state index in [1.165, 1.54) is 0 Å². The quantitative estimate of drug-likeness (QED) is 0.821. The van der Waals surface area contributed by atoms with Crippen LogP contribution in [0.1, 0.15) is 13.8 Å². The van der Waals surface area contributed by atoms with E-state index in [1.54, 1.807) is 18.7 Å². The van der Waals surface area contributed by atoms with E-state index in [2.05, 4.69) is 10.2 Å². The van der Waals surface area contributed by atoms with Gasteiger partial charge in [-0.05, 0) is 26.0 Å². The molecule has 1 aromatic carbocycles. The second kappa shape index (κ2) is 6.55. The molecule has 0 spiro atoms. The van der Waals surface area contributed by atoms with Crippen molar-refractivity contribution >= 4 is 35.1 Å². The van der Waals surface area contributed by atoms with Crippen molar-refractivity contribution in [1.82, 2.24) is 15.1 Å². The van der Waals surface area contributed by atoms with Gasteiger partial charge >= 0.3 is 6.03 Å². The molecule has 0 saturated carbocycles. The Hall–Kier alpha value is -2.28. The maximum absolute atomic E-state index is 12.5. The zero-order valence-electron chi connectivity index (χ0n) is 14.3. The number of hydrogen-bond donors (Lipinski definition) is 1. The summed E-state index contributed by atoms with van der Waals surface area (Å²) >= 11 is 6.22. The number of imide groups is 1. The van der Waals surface area contributed by atoms with Gasteiger partial charge in [-0.2, -0.15) is 0 Å². The summed E-state index contributed by atoms with van der Waals surface area (Å²) in [6.45, 7) is 5.39. The minimum absolute atomic E-state index is 0.222. The van der Waals surface area contributed by atoms with Crippen LogP contribution in [-0.2, 0) is 9.59 Å². The summed E-state index contributed by atoms with van der Waals surface area (Å²) in [4.78, 5) is 41.3. The molecule has 3 rings (SSSR count). The van der Waals surface area contributed by atoms with Gasteiger partial charge in [-0.3, -0.25) is 14.5 Å². The van der Waals surface area contributed by atoms with E-state index in [1.807, 2.05) is 24.3 Å². The molecule has 7 nitrogen and oxygen atoms in total. The molecule has 0 bridgehead atoms. The molecule has 1 N–H and O–H groups in total. The minimum Gasteiger partial charge on any atom is -0.367 e. The second-order valence-electron chi connectivity index (χ2n) is 6.77. The lowest BCUT2D eigenvalue weighted by Gasteiger charge is -2.36. The van der Waals surface area contributed by atoms with Crippen molar-refractivity contribution in [2.24, 2.45) is 0 Å². The smallest absolute Gasteiger partial charge is 0.325 e. The zero-order chi connectivity index (χ0) is 18.2. The first-order valence-corrected chi connectivity index (χ1v) is 8.59. The van der Waals surface area contributed by atoms with Crippen LogP contribution in [0, 0.1) is 0 Å². The lowest BCUT2D eigenvalue weighted by Crippen LogP contribution is -2.52. The summed E-state index contributed by atoms with van der Waals surface area (Å²) in [6.07, 6.45) is 0. The third-order valence-corrected chi connectivity index (χ3v) is 4.88. The maximum Gasteiger partial charge on any atom is 0.325 e. The number of nitrogens with zero attached hydrogens (tertiary/aromatic N) is 3. The number of amides is 4. The average Bonchev–Trinajstić information content (AvgIpc) is 2.77. The minimum atomic E-state index is -0.958. The zero-order valence-corrected chi connectivity index (χ0v) is 15.0. The Morgan fingerprint density at radius 2 is 1.80 bits per heavy atom. The number of urea groups is 1. The van der Waals surface area contributed by atoms with Gasteiger partial charge in [0.1, 0.15) is 12.1 Å². The number of benzene rings is 1. The highest BCUT2D eigenvalue weighted by atomic mass is 35.5. The average molecular weight is 365 g/mol. The Morgan fingerprint density at radius 1 is 1.16 bits per heavy atom. The summed E-state index contributed by atoms with van der Waals surface area (Å²) < 4.78 is 0. The van der Waals surface area contributed by atoms with Crippen LogP contribution >= 0.6 is 11.6 Å². The van der Waals surface area contributed by atoms with Crippen molar-refractivity contribution < 1.29 is 14.4 Å². The number of carbonyl (C=O) groups is 3. The van der Waals surface area contributed by atoms with E-state index in [4.69, 9.17) is 11.6 Å². The van der Waals surface area contributed by atoms with E-state index in [0.717, 1.165) is 10.6 Å². The van der Waals surface area contributed by atoms with Gasteiger partial charge in [-0.15, -0.1) is 0 Å². The Kier molecular flexibility index (Phi) is 4.60. The van der Waals surface area contributed by atoms with Crippen LogP contribution in [-0.4, -0.2) is 65.9 Å². The summed E-state index contributed by atoms with van der Waals surface area (Å²) in [7, 11) is 0. The first-order valence-electron chi connectivity index (χ1n) is 8.21. The van der Waals surface area contributed by atoms with Crippen molar-refractivity contribution in [2.75, 3.05) is 37.6 Å². The van der Waals surface area contributed by atoms with Crippen LogP contribution in [0.3, 0.4) is 0 Å². The van der Waals surface area contributed by atoms with Gasteiger partial charge in [0.05, 0.1) is 10.7 Å². The molecule has 2 aliphatic rings. The van der Waals surface area contributed by atoms with Gasteiger partial charge in [-0.25, -0.2) is 4.79 Å². The first kappa shape index (κ1) is 17.5. The highest BCUT2D eigenvalue weighted by Crippen LogP contribution is 2.26. The summed E-state index contributed by atoms with van der Waals surface area (Å²) in [5.74, 6) is -0.597. The molecule has 0 atom stereocenters. The van der Waals surface area contributed by atoms with E-state index >= 15 is 0 Å². The van der Waals surface area contributed by atoms with E-state index < -0.39 is 11.6 Å². The second-order valence-corrected chi connectivity index (χ2v) is 7.17. The fourth-order valence-corrected chi connectivity index (χ4v) is 3.36. The highest BCUT2D eigenvalue weighted by Gasteiger charge is 2.45. The summed E-state index contributed by atoms with van der Waals surface area (Å²) in [6, 6.07) is 7.09. The third-order valence-electron chi connectivity index (χ3n) is 4.56. The van der Waals surface area contributed by atoms with Crippen LogP contribution < -0.4 is 10.2 Å². The number of piperazine rings is 1. The van der Waals surface area contributed by atoms with Crippen molar-refractivity contribution in [3.05, 3.63) is 29.3 Å². The number of anilines is 1. The first-order chi connectivity index (χ1) is 11.8. The fraction of sp³-hybridized carbons (Fsp3) is 0.471. The van der Waals surface area contributed by atoms with Crippen LogP contribution in [0.5, 0.6) is 0 Å². The predicted molar refractivity (Wildman–Crippen MR) is 94.6 cm³/mol. The molecule has 134 valence electrons. The number of hydrogen-bond acceptors (Lipinski definition) is 4. The Morgan fingerprint density at radius 3 is 2.36 bits per heavy atom. The molecule has 2 heterocycles. The van der Waals surface area contributed by atoms with Crippen LogP contribution in [0.4, 0.5) is 10.5 Å². The Balaban J connectivity index is 1.58. The van der Waals surface area contributed by atoms with E-state index in [-0.39, 0.29) is 18.4 Å². The van der Waals surface area contributed by atoms with Crippen molar-refractivity contribution in [2.45, 2.75) is 19.4 Å². The third kappa shape index (κ3) is 3.42. The molecule has 2 saturated heterocycles. The largest absolute Gasteiger partial charge is 0.367 e. The molecule has 25 heavy (non-hydrogen) atoms. The molecular weight excluding hydrogens is 344 g/mol. The van der Waals surface area contributed by atoms with Gasteiger partial charge in [0, 0.05) is 26.2 Å². The number of carbonyl (C=O) groups excluding carboxylic acids is 3. The number of nitrogens with one attached hydrogen (secondary N) is 1. The molecular formula is C17H21ClN4O3. The molecule has 0 aromatic heterocycles. The van der Waals surface area contributed by atoms with Gasteiger partial charge in [0.15, 0.2) is 0 Å². The molecule has 8 heteroatoms. The molecule has 0 radical (unpaired) electrons. The summed E-state index contributed by atoms with van der Waals surface area (Å²) in [5.41, 5.74) is -0.00718. The standard InChI is InChI=1S/C17H21ClN4O3/c1-17(2)15(24)22(16(25)19-17)11-14(23)21-9-7-20(8-10-21)13-6-4-3-5-12(13)18/h3-6H,7-11H2,1-2H3,(H,19,25). The monoisotopic (exact) mass is 364 g/mol. The van der Waals surface area contributed by atoms with Gasteiger partial charge in [0.2, 0.25) is 5.91 Å². The number of para-hydroxylation sites is 1. The number of rotatable bonds is 3. The van der Waals surface area contributed by atoms with Crippen molar-refractivity contribution in [3.8, 4) is 0 Å². The lowest BCUT2D eigenvalue weighted by molar-refractivity contribution is -0.138. The van der Waals surface area contributed by atoms with Crippen LogP contribution in [0.2, 0.25) is 5.02 Å².